The quantitative estimate of drug-likeness (QED) is 0.836. The maximum Gasteiger partial charge on any atom is 0.272 e. The summed E-state index contributed by atoms with van der Waals surface area (Å²) in [7, 11) is 0. The average Bonchev–Trinajstić information content (AvgIpc) is 2.91. The summed E-state index contributed by atoms with van der Waals surface area (Å²) in [6, 6.07) is 8.36. The lowest BCUT2D eigenvalue weighted by Crippen LogP contribution is -2.21. The first kappa shape index (κ1) is 12.9. The van der Waals surface area contributed by atoms with Gasteiger partial charge in [-0.25, -0.2) is 0 Å². The number of fused-ring (bicyclic) bond motifs is 1. The molecule has 1 atom stereocenters. The fourth-order valence-corrected chi connectivity index (χ4v) is 2.66. The molecule has 0 saturated heterocycles. The summed E-state index contributed by atoms with van der Waals surface area (Å²) in [6.07, 6.45) is 0. The molecule has 2 aromatic rings. The highest BCUT2D eigenvalue weighted by molar-refractivity contribution is 5.98. The lowest BCUT2D eigenvalue weighted by atomic mass is 9.86. The molecule has 0 aliphatic carbocycles. The van der Waals surface area contributed by atoms with Gasteiger partial charge in [0.05, 0.1) is 6.04 Å². The first-order valence-corrected chi connectivity index (χ1v) is 6.84. The molecule has 1 unspecified atom stereocenters. The van der Waals surface area contributed by atoms with Crippen LogP contribution in [0.2, 0.25) is 0 Å². The van der Waals surface area contributed by atoms with Gasteiger partial charge in [-0.15, -0.1) is 0 Å². The molecule has 1 aliphatic heterocycles. The number of hydrogen-bond acceptors (Lipinski definition) is 2. The molecule has 1 aliphatic rings. The molecule has 20 heavy (non-hydrogen) atoms. The van der Waals surface area contributed by atoms with Crippen LogP contribution in [0.25, 0.3) is 0 Å². The molecule has 1 aromatic carbocycles. The minimum absolute atomic E-state index is 0.0923. The number of H-pyrrole nitrogens is 1. The molecule has 0 spiro atoms. The number of benzene rings is 1. The highest BCUT2D eigenvalue weighted by Crippen LogP contribution is 2.33. The molecule has 4 nitrogen and oxygen atoms in total. The Morgan fingerprint density at radius 2 is 1.80 bits per heavy atom. The normalized spacial score (nSPS) is 18.0. The van der Waals surface area contributed by atoms with E-state index in [1.807, 2.05) is 6.92 Å². The predicted octanol–water partition coefficient (Wildman–Crippen LogP) is 2.85. The molecule has 0 radical (unpaired) electrons. The second-order valence-electron chi connectivity index (χ2n) is 6.39. The zero-order valence-electron chi connectivity index (χ0n) is 12.2. The van der Waals surface area contributed by atoms with E-state index < -0.39 is 0 Å². The van der Waals surface area contributed by atoms with E-state index >= 15 is 0 Å². The van der Waals surface area contributed by atoms with Crippen molar-refractivity contribution in [1.82, 2.24) is 15.5 Å². The van der Waals surface area contributed by atoms with Gasteiger partial charge in [0, 0.05) is 11.3 Å². The summed E-state index contributed by atoms with van der Waals surface area (Å²) >= 11 is 0. The van der Waals surface area contributed by atoms with Gasteiger partial charge in [-0.05, 0) is 23.5 Å². The van der Waals surface area contributed by atoms with E-state index in [2.05, 4.69) is 60.6 Å². The van der Waals surface area contributed by atoms with Crippen LogP contribution in [0, 0.1) is 6.92 Å². The Labute approximate surface area is 118 Å². The van der Waals surface area contributed by atoms with Crippen LogP contribution in [0.15, 0.2) is 24.3 Å². The van der Waals surface area contributed by atoms with E-state index in [9.17, 15) is 4.79 Å². The second kappa shape index (κ2) is 4.20. The van der Waals surface area contributed by atoms with E-state index in [1.54, 1.807) is 0 Å². The van der Waals surface area contributed by atoms with Crippen LogP contribution in [0.1, 0.15) is 59.7 Å². The van der Waals surface area contributed by atoms with Crippen molar-refractivity contribution in [3.8, 4) is 0 Å². The van der Waals surface area contributed by atoms with E-state index in [1.165, 1.54) is 5.56 Å². The van der Waals surface area contributed by atoms with Gasteiger partial charge in [0.15, 0.2) is 5.69 Å². The van der Waals surface area contributed by atoms with Crippen molar-refractivity contribution in [2.45, 2.75) is 39.2 Å². The number of rotatable bonds is 1. The van der Waals surface area contributed by atoms with Crippen LogP contribution in [0.4, 0.5) is 0 Å². The Morgan fingerprint density at radius 1 is 1.15 bits per heavy atom. The summed E-state index contributed by atoms with van der Waals surface area (Å²) in [4.78, 5) is 11.9. The van der Waals surface area contributed by atoms with Crippen molar-refractivity contribution in [2.24, 2.45) is 0 Å². The number of aromatic nitrogens is 2. The standard InChI is InChI=1S/C16H19N3O/c1-9-12-13(17-15(20)14(12)19-18-9)10-5-7-11(8-6-10)16(2,3)4/h5-8,13H,1-4H3,(H,17,20)(H,18,19). The molecule has 4 heteroatoms. The summed E-state index contributed by atoms with van der Waals surface area (Å²) in [5.74, 6) is -0.103. The molecular weight excluding hydrogens is 250 g/mol. The van der Waals surface area contributed by atoms with E-state index in [0.29, 0.717) is 5.69 Å². The molecule has 0 bridgehead atoms. The van der Waals surface area contributed by atoms with Crippen LogP contribution in [-0.4, -0.2) is 16.1 Å². The van der Waals surface area contributed by atoms with Crippen LogP contribution >= 0.6 is 0 Å². The Hall–Kier alpha value is -2.10. The monoisotopic (exact) mass is 269 g/mol. The Morgan fingerprint density at radius 3 is 2.40 bits per heavy atom. The van der Waals surface area contributed by atoms with E-state index in [-0.39, 0.29) is 17.4 Å². The number of hydrogen-bond donors (Lipinski definition) is 2. The summed E-state index contributed by atoms with van der Waals surface area (Å²) in [5.41, 5.74) is 4.95. The Bertz CT molecular complexity index is 662. The first-order chi connectivity index (χ1) is 9.38. The van der Waals surface area contributed by atoms with Crippen LogP contribution in [-0.2, 0) is 5.41 Å². The zero-order valence-corrected chi connectivity index (χ0v) is 12.2. The van der Waals surface area contributed by atoms with E-state index in [0.717, 1.165) is 16.8 Å². The largest absolute Gasteiger partial charge is 0.340 e. The highest BCUT2D eigenvalue weighted by atomic mass is 16.2. The summed E-state index contributed by atoms with van der Waals surface area (Å²) in [6.45, 7) is 8.52. The van der Waals surface area contributed by atoms with Crippen molar-refractivity contribution in [1.29, 1.82) is 0 Å². The zero-order chi connectivity index (χ0) is 14.5. The number of aromatic amines is 1. The third kappa shape index (κ3) is 1.92. The Balaban J connectivity index is 1.99. The number of carbonyl (C=O) groups is 1. The van der Waals surface area contributed by atoms with Gasteiger partial charge in [-0.2, -0.15) is 5.10 Å². The molecular formula is C16H19N3O. The van der Waals surface area contributed by atoms with Gasteiger partial charge in [0.25, 0.3) is 5.91 Å². The molecule has 2 heterocycles. The third-order valence-corrected chi connectivity index (χ3v) is 3.88. The highest BCUT2D eigenvalue weighted by Gasteiger charge is 2.34. The van der Waals surface area contributed by atoms with Gasteiger partial charge < -0.3 is 5.32 Å². The fraction of sp³-hybridized carbons (Fsp3) is 0.375. The summed E-state index contributed by atoms with van der Waals surface area (Å²) < 4.78 is 0. The first-order valence-electron chi connectivity index (χ1n) is 6.84. The van der Waals surface area contributed by atoms with Crippen molar-refractivity contribution in [3.05, 3.63) is 52.3 Å². The Kier molecular flexibility index (Phi) is 2.71. The minimum Gasteiger partial charge on any atom is -0.340 e. The maximum atomic E-state index is 11.9. The number of nitrogens with zero attached hydrogens (tertiary/aromatic N) is 1. The summed E-state index contributed by atoms with van der Waals surface area (Å²) in [5, 5.41) is 9.96. The van der Waals surface area contributed by atoms with Crippen LogP contribution < -0.4 is 5.32 Å². The average molecular weight is 269 g/mol. The molecule has 104 valence electrons. The second-order valence-corrected chi connectivity index (χ2v) is 6.39. The molecule has 0 saturated carbocycles. The minimum atomic E-state index is -0.103. The van der Waals surface area contributed by atoms with Gasteiger partial charge in [0.1, 0.15) is 0 Å². The number of aryl methyl sites for hydroxylation is 1. The number of nitrogens with one attached hydrogen (secondary N) is 2. The lowest BCUT2D eigenvalue weighted by Gasteiger charge is -2.20. The molecule has 0 fully saturated rings. The molecule has 3 rings (SSSR count). The van der Waals surface area contributed by atoms with Gasteiger partial charge >= 0.3 is 0 Å². The number of amides is 1. The number of carbonyl (C=O) groups excluding carboxylic acids is 1. The maximum absolute atomic E-state index is 11.9. The molecule has 2 N–H and O–H groups in total. The molecule has 1 amide bonds. The van der Waals surface area contributed by atoms with Crippen molar-refractivity contribution < 1.29 is 4.79 Å². The van der Waals surface area contributed by atoms with E-state index in [4.69, 9.17) is 0 Å². The lowest BCUT2D eigenvalue weighted by molar-refractivity contribution is 0.0955. The molecule has 1 aromatic heterocycles. The van der Waals surface area contributed by atoms with Gasteiger partial charge in [-0.1, -0.05) is 45.0 Å². The van der Waals surface area contributed by atoms with Crippen LogP contribution in [0.5, 0.6) is 0 Å². The van der Waals surface area contributed by atoms with Crippen molar-refractivity contribution in [3.63, 3.8) is 0 Å². The van der Waals surface area contributed by atoms with Crippen LogP contribution in [0.3, 0.4) is 0 Å². The third-order valence-electron chi connectivity index (χ3n) is 3.88. The smallest absolute Gasteiger partial charge is 0.272 e. The van der Waals surface area contributed by atoms with Gasteiger partial charge in [-0.3, -0.25) is 9.89 Å². The fourth-order valence-electron chi connectivity index (χ4n) is 2.66. The SMILES string of the molecule is Cc1[nH]nc2c1C(c1ccc(C(C)(C)C)cc1)NC2=O. The van der Waals surface area contributed by atoms with Crippen molar-refractivity contribution in [2.75, 3.05) is 0 Å². The predicted molar refractivity (Wildman–Crippen MR) is 77.8 cm³/mol. The van der Waals surface area contributed by atoms with Crippen molar-refractivity contribution >= 4 is 5.91 Å². The topological polar surface area (TPSA) is 57.8 Å². The van der Waals surface area contributed by atoms with Gasteiger partial charge in [0.2, 0.25) is 0 Å².